The minimum Gasteiger partial charge on any atom is -0.481 e. The number of hydrogen-bond donors (Lipinski definition) is 2. The Bertz CT molecular complexity index is 502. The smallest absolute Gasteiger partial charge is 0.318 e. The number of amides is 2. The number of nitrogens with zero attached hydrogens (tertiary/aromatic N) is 1. The number of carboxylic acid groups (broad SMARTS) is 1. The second kappa shape index (κ2) is 6.65. The fourth-order valence-electron chi connectivity index (χ4n) is 1.97. The zero-order valence-corrected chi connectivity index (χ0v) is 13.3. The highest BCUT2D eigenvalue weighted by Crippen LogP contribution is 2.18. The SMILES string of the molecule is Cc1ccc(C(C)NC(=O)N(CCC(=O)O)C(C)(C)C)o1. The van der Waals surface area contributed by atoms with Gasteiger partial charge >= 0.3 is 12.0 Å². The van der Waals surface area contributed by atoms with Crippen molar-refractivity contribution in [1.29, 1.82) is 0 Å². The van der Waals surface area contributed by atoms with Crippen molar-refractivity contribution in [2.75, 3.05) is 6.54 Å². The van der Waals surface area contributed by atoms with Crippen LogP contribution in [0.15, 0.2) is 16.5 Å². The van der Waals surface area contributed by atoms with Crippen LogP contribution >= 0.6 is 0 Å². The molecule has 0 bridgehead atoms. The van der Waals surface area contributed by atoms with Crippen LogP contribution in [0.25, 0.3) is 0 Å². The average Bonchev–Trinajstić information content (AvgIpc) is 2.73. The summed E-state index contributed by atoms with van der Waals surface area (Å²) in [5.74, 6) is 0.532. The Morgan fingerprint density at radius 2 is 2.00 bits per heavy atom. The summed E-state index contributed by atoms with van der Waals surface area (Å²) < 4.78 is 5.48. The maximum atomic E-state index is 12.4. The molecule has 1 rings (SSSR count). The maximum Gasteiger partial charge on any atom is 0.318 e. The van der Waals surface area contributed by atoms with E-state index in [9.17, 15) is 9.59 Å². The lowest BCUT2D eigenvalue weighted by atomic mass is 10.1. The molecule has 1 unspecified atom stereocenters. The molecule has 6 heteroatoms. The van der Waals surface area contributed by atoms with E-state index < -0.39 is 11.5 Å². The molecule has 1 aromatic rings. The predicted molar refractivity (Wildman–Crippen MR) is 79.1 cm³/mol. The molecule has 1 atom stereocenters. The van der Waals surface area contributed by atoms with Crippen molar-refractivity contribution in [3.8, 4) is 0 Å². The quantitative estimate of drug-likeness (QED) is 0.875. The van der Waals surface area contributed by atoms with Crippen LogP contribution in [0.2, 0.25) is 0 Å². The molecule has 0 radical (unpaired) electrons. The third-order valence-electron chi connectivity index (χ3n) is 3.13. The number of nitrogens with one attached hydrogen (secondary N) is 1. The fourth-order valence-corrected chi connectivity index (χ4v) is 1.97. The molecule has 0 saturated carbocycles. The molecule has 6 nitrogen and oxygen atoms in total. The van der Waals surface area contributed by atoms with E-state index in [0.29, 0.717) is 5.76 Å². The van der Waals surface area contributed by atoms with E-state index >= 15 is 0 Å². The lowest BCUT2D eigenvalue weighted by Gasteiger charge is -2.36. The van der Waals surface area contributed by atoms with Crippen LogP contribution in [-0.2, 0) is 4.79 Å². The Morgan fingerprint density at radius 1 is 1.38 bits per heavy atom. The van der Waals surface area contributed by atoms with Crippen LogP contribution in [0.1, 0.15) is 51.7 Å². The van der Waals surface area contributed by atoms with Gasteiger partial charge in [-0.2, -0.15) is 0 Å². The van der Waals surface area contributed by atoms with E-state index in [1.165, 1.54) is 4.90 Å². The van der Waals surface area contributed by atoms with Gasteiger partial charge in [0.1, 0.15) is 11.5 Å². The van der Waals surface area contributed by atoms with Crippen LogP contribution in [0.4, 0.5) is 4.79 Å². The van der Waals surface area contributed by atoms with E-state index in [0.717, 1.165) is 5.76 Å². The molecular formula is C15H24N2O4. The van der Waals surface area contributed by atoms with Gasteiger partial charge in [-0.3, -0.25) is 4.79 Å². The molecule has 1 aromatic heterocycles. The summed E-state index contributed by atoms with van der Waals surface area (Å²) in [6, 6.07) is 3.08. The van der Waals surface area contributed by atoms with E-state index in [-0.39, 0.29) is 25.0 Å². The zero-order chi connectivity index (χ0) is 16.2. The summed E-state index contributed by atoms with van der Waals surface area (Å²) >= 11 is 0. The standard InChI is InChI=1S/C15H24N2O4/c1-10-6-7-12(21-10)11(2)16-14(20)17(15(3,4)5)9-8-13(18)19/h6-7,11H,8-9H2,1-5H3,(H,16,20)(H,18,19). The van der Waals surface area contributed by atoms with Crippen LogP contribution < -0.4 is 5.32 Å². The van der Waals surface area contributed by atoms with E-state index in [4.69, 9.17) is 9.52 Å². The van der Waals surface area contributed by atoms with Gasteiger partial charge in [0.15, 0.2) is 0 Å². The number of carbonyl (C=O) groups is 2. The highest BCUT2D eigenvalue weighted by Gasteiger charge is 2.28. The number of aryl methyl sites for hydroxylation is 1. The molecule has 0 aliphatic heterocycles. The summed E-state index contributed by atoms with van der Waals surface area (Å²) in [5, 5.41) is 11.6. The van der Waals surface area contributed by atoms with Crippen LogP contribution in [0.3, 0.4) is 0 Å². The first-order valence-electron chi connectivity index (χ1n) is 6.97. The molecule has 0 spiro atoms. The molecule has 2 N–H and O–H groups in total. The zero-order valence-electron chi connectivity index (χ0n) is 13.3. The molecule has 0 aliphatic rings. The minimum atomic E-state index is -0.924. The average molecular weight is 296 g/mol. The molecule has 0 saturated heterocycles. The van der Waals surface area contributed by atoms with Crippen LogP contribution in [0, 0.1) is 6.92 Å². The van der Waals surface area contributed by atoms with Gasteiger partial charge in [-0.15, -0.1) is 0 Å². The van der Waals surface area contributed by atoms with Crippen molar-refractivity contribution in [3.63, 3.8) is 0 Å². The van der Waals surface area contributed by atoms with Crippen molar-refractivity contribution in [2.24, 2.45) is 0 Å². The van der Waals surface area contributed by atoms with Crippen LogP contribution in [0.5, 0.6) is 0 Å². The Morgan fingerprint density at radius 3 is 2.43 bits per heavy atom. The van der Waals surface area contributed by atoms with Gasteiger partial charge in [0.25, 0.3) is 0 Å². The molecule has 0 fully saturated rings. The van der Waals surface area contributed by atoms with Gasteiger partial charge in [-0.05, 0) is 46.8 Å². The number of carbonyl (C=O) groups excluding carboxylic acids is 1. The number of furan rings is 1. The normalized spacial score (nSPS) is 12.8. The largest absolute Gasteiger partial charge is 0.481 e. The van der Waals surface area contributed by atoms with E-state index in [1.54, 1.807) is 0 Å². The Kier molecular flexibility index (Phi) is 5.41. The van der Waals surface area contributed by atoms with Crippen molar-refractivity contribution in [3.05, 3.63) is 23.7 Å². The number of urea groups is 1. The lowest BCUT2D eigenvalue weighted by Crippen LogP contribution is -2.51. The first kappa shape index (κ1) is 17.1. The molecule has 21 heavy (non-hydrogen) atoms. The predicted octanol–water partition coefficient (Wildman–Crippen LogP) is 2.93. The second-order valence-corrected chi connectivity index (χ2v) is 6.09. The Hall–Kier alpha value is -1.98. The first-order chi connectivity index (χ1) is 9.61. The number of hydrogen-bond acceptors (Lipinski definition) is 3. The van der Waals surface area contributed by atoms with E-state index in [1.807, 2.05) is 46.8 Å². The Labute approximate surface area is 125 Å². The summed E-state index contributed by atoms with van der Waals surface area (Å²) in [6.45, 7) is 9.44. The molecule has 0 aliphatic carbocycles. The number of aliphatic carboxylic acids is 1. The summed E-state index contributed by atoms with van der Waals surface area (Å²) in [7, 11) is 0. The number of rotatable bonds is 5. The van der Waals surface area contributed by atoms with E-state index in [2.05, 4.69) is 5.32 Å². The molecule has 118 valence electrons. The third kappa shape index (κ3) is 5.13. The van der Waals surface area contributed by atoms with Crippen LogP contribution in [-0.4, -0.2) is 34.1 Å². The minimum absolute atomic E-state index is 0.0844. The van der Waals surface area contributed by atoms with Gasteiger partial charge in [-0.1, -0.05) is 0 Å². The summed E-state index contributed by atoms with van der Waals surface area (Å²) in [5.41, 5.74) is -0.460. The monoisotopic (exact) mass is 296 g/mol. The maximum absolute atomic E-state index is 12.4. The summed E-state index contributed by atoms with van der Waals surface area (Å²) in [6.07, 6.45) is -0.0844. The number of carboxylic acids is 1. The van der Waals surface area contributed by atoms with Crippen molar-refractivity contribution >= 4 is 12.0 Å². The molecule has 2 amide bonds. The van der Waals surface area contributed by atoms with Gasteiger partial charge in [-0.25, -0.2) is 4.79 Å². The second-order valence-electron chi connectivity index (χ2n) is 6.09. The molecular weight excluding hydrogens is 272 g/mol. The fraction of sp³-hybridized carbons (Fsp3) is 0.600. The van der Waals surface area contributed by atoms with Gasteiger partial charge < -0.3 is 19.7 Å². The van der Waals surface area contributed by atoms with Crippen molar-refractivity contribution in [2.45, 2.75) is 52.6 Å². The lowest BCUT2D eigenvalue weighted by molar-refractivity contribution is -0.137. The van der Waals surface area contributed by atoms with Gasteiger partial charge in [0.2, 0.25) is 0 Å². The van der Waals surface area contributed by atoms with Crippen molar-refractivity contribution < 1.29 is 19.1 Å². The first-order valence-corrected chi connectivity index (χ1v) is 6.97. The topological polar surface area (TPSA) is 82.8 Å². The third-order valence-corrected chi connectivity index (χ3v) is 3.13. The molecule has 0 aromatic carbocycles. The summed E-state index contributed by atoms with van der Waals surface area (Å²) in [4.78, 5) is 24.6. The van der Waals surface area contributed by atoms with Gasteiger partial charge in [0, 0.05) is 12.1 Å². The van der Waals surface area contributed by atoms with Crippen molar-refractivity contribution in [1.82, 2.24) is 10.2 Å². The highest BCUT2D eigenvalue weighted by molar-refractivity contribution is 5.76. The Balaban J connectivity index is 2.74. The highest BCUT2D eigenvalue weighted by atomic mass is 16.4. The van der Waals surface area contributed by atoms with Gasteiger partial charge in [0.05, 0.1) is 12.5 Å². The molecule has 1 heterocycles.